The second-order valence-electron chi connectivity index (χ2n) is 5.26. The smallest absolute Gasteiger partial charge is 0.272 e. The van der Waals surface area contributed by atoms with Crippen LogP contribution in [-0.2, 0) is 10.0 Å². The molecule has 0 fully saturated rings. The van der Waals surface area contributed by atoms with Crippen molar-refractivity contribution in [2.24, 2.45) is 0 Å². The third-order valence-corrected chi connectivity index (χ3v) is 4.29. The van der Waals surface area contributed by atoms with Crippen LogP contribution in [0, 0.1) is 0 Å². The summed E-state index contributed by atoms with van der Waals surface area (Å²) in [7, 11) is -3.35. The first-order valence-corrected chi connectivity index (χ1v) is 8.47. The minimum absolute atomic E-state index is 0.233. The molecule has 0 saturated carbocycles. The number of anilines is 1. The fourth-order valence-electron chi connectivity index (χ4n) is 2.89. The average Bonchev–Trinajstić information content (AvgIpc) is 2.76. The third-order valence-electron chi connectivity index (χ3n) is 3.68. The van der Waals surface area contributed by atoms with Gasteiger partial charge in [-0.25, -0.2) is 13.5 Å². The fourth-order valence-corrected chi connectivity index (χ4v) is 3.45. The Hall–Kier alpha value is -2.67. The van der Waals surface area contributed by atoms with Crippen molar-refractivity contribution in [2.75, 3.05) is 11.0 Å². The third kappa shape index (κ3) is 1.82. The van der Waals surface area contributed by atoms with Gasteiger partial charge in [-0.2, -0.15) is 5.10 Å². The number of benzene rings is 2. The number of rotatable bonds is 2. The molecule has 7 heteroatoms. The monoisotopic (exact) mass is 313 g/mol. The Morgan fingerprint density at radius 2 is 1.91 bits per heavy atom. The summed E-state index contributed by atoms with van der Waals surface area (Å²) in [6, 6.07) is 10.8. The lowest BCUT2D eigenvalue weighted by Gasteiger charge is -2.07. The molecule has 0 unspecified atom stereocenters. The molecule has 22 heavy (non-hydrogen) atoms. The summed E-state index contributed by atoms with van der Waals surface area (Å²) in [4.78, 5) is 11.9. The Morgan fingerprint density at radius 3 is 2.68 bits per heavy atom. The topological polar surface area (TPSA) is 91.9 Å². The van der Waals surface area contributed by atoms with Gasteiger partial charge in [0.2, 0.25) is 10.0 Å². The molecule has 6 nitrogen and oxygen atoms in total. The highest BCUT2D eigenvalue weighted by Gasteiger charge is 2.24. The lowest BCUT2D eigenvalue weighted by Crippen LogP contribution is -2.09. The van der Waals surface area contributed by atoms with Crippen LogP contribution in [0.3, 0.4) is 0 Å². The van der Waals surface area contributed by atoms with Crippen LogP contribution in [0.25, 0.3) is 33.2 Å². The van der Waals surface area contributed by atoms with Crippen LogP contribution in [0.4, 0.5) is 5.69 Å². The van der Waals surface area contributed by atoms with Crippen LogP contribution in [0.2, 0.25) is 0 Å². The van der Waals surface area contributed by atoms with Gasteiger partial charge in [0, 0.05) is 16.6 Å². The molecule has 0 bridgehead atoms. The van der Waals surface area contributed by atoms with Gasteiger partial charge in [0.1, 0.15) is 0 Å². The standard InChI is InChI=1S/C15H11N3O3S/c1-22(20,21)18-8-5-6-9-10-3-2-4-11-13(10)14(12(9)7-8)16-17-15(11)19/h2-7,18H,1H3,(H,17,19). The number of fused-ring (bicyclic) bond motifs is 3. The van der Waals surface area contributed by atoms with E-state index in [9.17, 15) is 13.2 Å². The number of nitrogens with one attached hydrogen (secondary N) is 2. The van der Waals surface area contributed by atoms with Crippen LogP contribution in [-0.4, -0.2) is 24.9 Å². The summed E-state index contributed by atoms with van der Waals surface area (Å²) in [6.45, 7) is 0. The van der Waals surface area contributed by atoms with Crippen LogP contribution in [0.15, 0.2) is 41.2 Å². The van der Waals surface area contributed by atoms with Gasteiger partial charge >= 0.3 is 0 Å². The highest BCUT2D eigenvalue weighted by molar-refractivity contribution is 7.92. The SMILES string of the molecule is CS(=O)(=O)Nc1ccc2c(c1)-c1n[nH]c(=O)c3cccc-2c13. The molecule has 110 valence electrons. The molecular formula is C15H11N3O3S. The van der Waals surface area contributed by atoms with Gasteiger partial charge in [0.15, 0.2) is 0 Å². The minimum Gasteiger partial charge on any atom is -0.284 e. The highest BCUT2D eigenvalue weighted by atomic mass is 32.2. The lowest BCUT2D eigenvalue weighted by molar-refractivity contribution is 0.607. The van der Waals surface area contributed by atoms with Crippen molar-refractivity contribution < 1.29 is 8.42 Å². The maximum Gasteiger partial charge on any atom is 0.272 e. The highest BCUT2D eigenvalue weighted by Crippen LogP contribution is 2.45. The van der Waals surface area contributed by atoms with Crippen molar-refractivity contribution in [1.29, 1.82) is 0 Å². The second kappa shape index (κ2) is 4.17. The van der Waals surface area contributed by atoms with E-state index in [1.807, 2.05) is 18.2 Å². The maximum atomic E-state index is 11.9. The van der Waals surface area contributed by atoms with Crippen molar-refractivity contribution in [3.63, 3.8) is 0 Å². The lowest BCUT2D eigenvalue weighted by atomic mass is 10.0. The van der Waals surface area contributed by atoms with Crippen molar-refractivity contribution in [1.82, 2.24) is 10.2 Å². The van der Waals surface area contributed by atoms with Crippen molar-refractivity contribution in [3.8, 4) is 22.4 Å². The Balaban J connectivity index is 2.02. The van der Waals surface area contributed by atoms with Gasteiger partial charge in [-0.15, -0.1) is 0 Å². The largest absolute Gasteiger partial charge is 0.284 e. The zero-order valence-corrected chi connectivity index (χ0v) is 12.4. The van der Waals surface area contributed by atoms with Crippen LogP contribution in [0.1, 0.15) is 0 Å². The number of nitrogens with zero attached hydrogens (tertiary/aromatic N) is 1. The quantitative estimate of drug-likeness (QED) is 0.591. The van der Waals surface area contributed by atoms with Crippen LogP contribution in [0.5, 0.6) is 0 Å². The number of sulfonamides is 1. The first-order chi connectivity index (χ1) is 10.4. The Labute approximate surface area is 125 Å². The van der Waals surface area contributed by atoms with Crippen LogP contribution >= 0.6 is 0 Å². The van der Waals surface area contributed by atoms with E-state index in [1.54, 1.807) is 18.2 Å². The molecule has 1 aromatic heterocycles. The van der Waals surface area contributed by atoms with Gasteiger partial charge in [0.25, 0.3) is 5.56 Å². The van der Waals surface area contributed by atoms with Gasteiger partial charge in [-0.05, 0) is 29.3 Å². The van der Waals surface area contributed by atoms with Gasteiger partial charge in [-0.1, -0.05) is 18.2 Å². The normalized spacial score (nSPS) is 12.4. The summed E-state index contributed by atoms with van der Waals surface area (Å²) in [5.74, 6) is 0. The molecule has 0 atom stereocenters. The zero-order chi connectivity index (χ0) is 15.5. The molecule has 0 aliphatic heterocycles. The van der Waals surface area contributed by atoms with E-state index >= 15 is 0 Å². The number of H-pyrrole nitrogens is 1. The predicted molar refractivity (Wildman–Crippen MR) is 85.3 cm³/mol. The molecule has 0 amide bonds. The van der Waals surface area contributed by atoms with E-state index < -0.39 is 10.0 Å². The van der Waals surface area contributed by atoms with E-state index in [2.05, 4.69) is 14.9 Å². The van der Waals surface area contributed by atoms with Crippen molar-refractivity contribution >= 4 is 26.5 Å². The molecule has 0 radical (unpaired) electrons. The summed E-state index contributed by atoms with van der Waals surface area (Å²) >= 11 is 0. The first-order valence-electron chi connectivity index (χ1n) is 6.58. The number of hydrogen-bond acceptors (Lipinski definition) is 4. The number of hydrogen-bond donors (Lipinski definition) is 2. The molecule has 1 heterocycles. The summed E-state index contributed by atoms with van der Waals surface area (Å²) in [6.07, 6.45) is 1.10. The number of aromatic amines is 1. The molecule has 4 rings (SSSR count). The van der Waals surface area contributed by atoms with Crippen LogP contribution < -0.4 is 10.3 Å². The average molecular weight is 313 g/mol. The van der Waals surface area contributed by atoms with E-state index in [0.29, 0.717) is 16.8 Å². The predicted octanol–water partition coefficient (Wildman–Crippen LogP) is 1.94. The summed E-state index contributed by atoms with van der Waals surface area (Å²) in [5, 5.41) is 8.02. The molecular weight excluding hydrogens is 302 g/mol. The molecule has 1 aliphatic rings. The summed E-state index contributed by atoms with van der Waals surface area (Å²) < 4.78 is 25.2. The molecule has 2 N–H and O–H groups in total. The van der Waals surface area contributed by atoms with E-state index in [0.717, 1.165) is 28.3 Å². The van der Waals surface area contributed by atoms with Crippen molar-refractivity contribution in [3.05, 3.63) is 46.8 Å². The van der Waals surface area contributed by atoms with E-state index in [1.165, 1.54) is 0 Å². The molecule has 3 aromatic rings. The molecule has 0 saturated heterocycles. The van der Waals surface area contributed by atoms with Crippen molar-refractivity contribution in [2.45, 2.75) is 0 Å². The Bertz CT molecular complexity index is 1100. The summed E-state index contributed by atoms with van der Waals surface area (Å²) in [5.41, 5.74) is 3.57. The second-order valence-corrected chi connectivity index (χ2v) is 7.01. The zero-order valence-electron chi connectivity index (χ0n) is 11.5. The van der Waals surface area contributed by atoms with E-state index in [4.69, 9.17) is 0 Å². The minimum atomic E-state index is -3.35. The van der Waals surface area contributed by atoms with Gasteiger partial charge in [0.05, 0.1) is 17.3 Å². The Morgan fingerprint density at radius 1 is 1.09 bits per heavy atom. The van der Waals surface area contributed by atoms with E-state index in [-0.39, 0.29) is 5.56 Å². The molecule has 2 aromatic carbocycles. The Kier molecular flexibility index (Phi) is 2.47. The molecule has 1 aliphatic carbocycles. The van der Waals surface area contributed by atoms with Gasteiger partial charge < -0.3 is 0 Å². The molecule has 0 spiro atoms. The first kappa shape index (κ1) is 13.0. The fraction of sp³-hybridized carbons (Fsp3) is 0.0667. The van der Waals surface area contributed by atoms with Gasteiger partial charge in [-0.3, -0.25) is 9.52 Å². The number of aromatic nitrogens is 2. The maximum absolute atomic E-state index is 11.9.